The zero-order chi connectivity index (χ0) is 19.5. The minimum atomic E-state index is -3.35. The predicted octanol–water partition coefficient (Wildman–Crippen LogP) is 3.86. The molecule has 0 saturated carbocycles. The fourth-order valence-electron chi connectivity index (χ4n) is 2.98. The molecular weight excluding hydrogens is 348 g/mol. The lowest BCUT2D eigenvalue weighted by Gasteiger charge is -2.20. The van der Waals surface area contributed by atoms with Gasteiger partial charge in [0.2, 0.25) is 10.0 Å². The van der Waals surface area contributed by atoms with E-state index in [-0.39, 0.29) is 11.9 Å². The number of hydrogen-bond acceptors (Lipinski definition) is 3. The van der Waals surface area contributed by atoms with Gasteiger partial charge < -0.3 is 5.32 Å². The zero-order valence-corrected chi connectivity index (χ0v) is 16.7. The van der Waals surface area contributed by atoms with Crippen molar-refractivity contribution in [3.8, 4) is 0 Å². The summed E-state index contributed by atoms with van der Waals surface area (Å²) in [6, 6.07) is 11.1. The number of anilines is 1. The molecule has 0 aliphatic carbocycles. The third-order valence-electron chi connectivity index (χ3n) is 4.30. The number of benzene rings is 2. The Kier molecular flexibility index (Phi) is 6.08. The zero-order valence-electron chi connectivity index (χ0n) is 15.9. The molecule has 2 aromatic rings. The Hall–Kier alpha value is -2.34. The molecule has 5 nitrogen and oxygen atoms in total. The summed E-state index contributed by atoms with van der Waals surface area (Å²) in [6.07, 6.45) is 1.88. The third kappa shape index (κ3) is 5.08. The smallest absolute Gasteiger partial charge is 0.251 e. The number of carbonyl (C=O) groups is 1. The normalized spacial score (nSPS) is 12.5. The highest BCUT2D eigenvalue weighted by atomic mass is 32.2. The molecule has 0 radical (unpaired) electrons. The molecule has 2 rings (SSSR count). The highest BCUT2D eigenvalue weighted by Gasteiger charge is 2.17. The molecule has 0 fully saturated rings. The number of hydrogen-bond donors (Lipinski definition) is 2. The van der Waals surface area contributed by atoms with Crippen molar-refractivity contribution in [2.75, 3.05) is 11.0 Å². The van der Waals surface area contributed by atoms with Crippen molar-refractivity contribution in [1.29, 1.82) is 0 Å². The molecule has 1 atom stereocenters. The van der Waals surface area contributed by atoms with Crippen LogP contribution in [0.15, 0.2) is 36.4 Å². The van der Waals surface area contributed by atoms with Crippen LogP contribution in [0.3, 0.4) is 0 Å². The molecule has 2 aromatic carbocycles. The average Bonchev–Trinajstić information content (AvgIpc) is 2.53. The van der Waals surface area contributed by atoms with Gasteiger partial charge in [0, 0.05) is 5.56 Å². The molecule has 0 aromatic heterocycles. The number of aryl methyl sites for hydroxylation is 3. The minimum absolute atomic E-state index is 0.0720. The molecule has 0 spiro atoms. The van der Waals surface area contributed by atoms with Crippen molar-refractivity contribution >= 4 is 21.6 Å². The number of amides is 1. The van der Waals surface area contributed by atoms with Gasteiger partial charge in [0.25, 0.3) is 5.91 Å². The lowest BCUT2D eigenvalue weighted by atomic mass is 9.97. The van der Waals surface area contributed by atoms with Crippen molar-refractivity contribution in [3.05, 3.63) is 64.2 Å². The van der Waals surface area contributed by atoms with Crippen LogP contribution in [-0.4, -0.2) is 20.6 Å². The fraction of sp³-hybridized carbons (Fsp3) is 0.350. The van der Waals surface area contributed by atoms with Crippen molar-refractivity contribution in [1.82, 2.24) is 5.32 Å². The molecule has 140 valence electrons. The third-order valence-corrected chi connectivity index (χ3v) is 4.89. The first-order valence-corrected chi connectivity index (χ1v) is 10.5. The quantitative estimate of drug-likeness (QED) is 0.806. The number of carbonyl (C=O) groups excluding carboxylic acids is 1. The van der Waals surface area contributed by atoms with Gasteiger partial charge in [-0.2, -0.15) is 0 Å². The van der Waals surface area contributed by atoms with Crippen LogP contribution in [0.1, 0.15) is 52.0 Å². The number of rotatable bonds is 6. The highest BCUT2D eigenvalue weighted by Crippen LogP contribution is 2.23. The van der Waals surface area contributed by atoms with Crippen LogP contribution in [0.4, 0.5) is 5.69 Å². The Morgan fingerprint density at radius 2 is 1.73 bits per heavy atom. The van der Waals surface area contributed by atoms with Gasteiger partial charge in [0.05, 0.1) is 18.0 Å². The van der Waals surface area contributed by atoms with Gasteiger partial charge in [-0.05, 0) is 62.1 Å². The first kappa shape index (κ1) is 20.0. The number of sulfonamides is 1. The van der Waals surface area contributed by atoms with E-state index in [4.69, 9.17) is 0 Å². The topological polar surface area (TPSA) is 75.3 Å². The first-order chi connectivity index (χ1) is 12.1. The maximum absolute atomic E-state index is 12.7. The Balaban J connectivity index is 2.21. The molecule has 1 amide bonds. The molecule has 0 heterocycles. The Labute approximate surface area is 155 Å². The van der Waals surface area contributed by atoms with Gasteiger partial charge in [-0.15, -0.1) is 0 Å². The lowest BCUT2D eigenvalue weighted by Crippen LogP contribution is -2.28. The van der Waals surface area contributed by atoms with E-state index in [9.17, 15) is 13.2 Å². The van der Waals surface area contributed by atoms with Crippen LogP contribution >= 0.6 is 0 Å². The Morgan fingerprint density at radius 3 is 2.27 bits per heavy atom. The summed E-state index contributed by atoms with van der Waals surface area (Å²) < 4.78 is 25.2. The minimum Gasteiger partial charge on any atom is -0.345 e. The molecule has 0 bridgehead atoms. The van der Waals surface area contributed by atoms with Crippen LogP contribution in [0.25, 0.3) is 0 Å². The summed E-state index contributed by atoms with van der Waals surface area (Å²) in [5, 5.41) is 3.08. The van der Waals surface area contributed by atoms with Crippen LogP contribution in [0.5, 0.6) is 0 Å². The highest BCUT2D eigenvalue weighted by molar-refractivity contribution is 7.92. The van der Waals surface area contributed by atoms with Gasteiger partial charge >= 0.3 is 0 Å². The SMILES string of the molecule is CC[C@@H](NC(=O)c1ccc(NS(C)(=O)=O)c(C)c1)c1ccc(C)cc1C. The summed E-state index contributed by atoms with van der Waals surface area (Å²) in [5.74, 6) is -0.175. The molecule has 0 saturated heterocycles. The summed E-state index contributed by atoms with van der Waals surface area (Å²) in [6.45, 7) is 7.90. The molecule has 0 aliphatic heterocycles. The summed E-state index contributed by atoms with van der Waals surface area (Å²) in [7, 11) is -3.35. The van der Waals surface area contributed by atoms with Gasteiger partial charge in [-0.1, -0.05) is 30.7 Å². The van der Waals surface area contributed by atoms with E-state index in [2.05, 4.69) is 22.2 Å². The van der Waals surface area contributed by atoms with Gasteiger partial charge in [0.15, 0.2) is 0 Å². The molecule has 2 N–H and O–H groups in total. The first-order valence-electron chi connectivity index (χ1n) is 8.57. The molecule has 0 aliphatic rings. The average molecular weight is 375 g/mol. The molecule has 0 unspecified atom stereocenters. The second kappa shape index (κ2) is 7.91. The molecule has 6 heteroatoms. The number of nitrogens with one attached hydrogen (secondary N) is 2. The lowest BCUT2D eigenvalue weighted by molar-refractivity contribution is 0.0935. The largest absolute Gasteiger partial charge is 0.345 e. The standard InChI is InChI=1S/C20H26N2O3S/c1-6-18(17-9-7-13(2)11-14(17)3)21-20(23)16-8-10-19(15(4)12-16)22-26(5,24)25/h7-12,18,22H,6H2,1-5H3,(H,21,23)/t18-/m1/s1. The van der Waals surface area contributed by atoms with Crippen LogP contribution in [0.2, 0.25) is 0 Å². The monoisotopic (exact) mass is 374 g/mol. The van der Waals surface area contributed by atoms with E-state index >= 15 is 0 Å². The fourth-order valence-corrected chi connectivity index (χ4v) is 3.61. The van der Waals surface area contributed by atoms with Crippen molar-refractivity contribution in [2.45, 2.75) is 40.2 Å². The van der Waals surface area contributed by atoms with E-state index in [1.165, 1.54) is 5.56 Å². The van der Waals surface area contributed by atoms with Gasteiger partial charge in [0.1, 0.15) is 0 Å². The Bertz CT molecular complexity index is 921. The van der Waals surface area contributed by atoms with E-state index in [0.717, 1.165) is 23.8 Å². The van der Waals surface area contributed by atoms with Crippen molar-refractivity contribution in [2.24, 2.45) is 0 Å². The second-order valence-electron chi connectivity index (χ2n) is 6.70. The van der Waals surface area contributed by atoms with E-state index in [1.807, 2.05) is 26.8 Å². The second-order valence-corrected chi connectivity index (χ2v) is 8.45. The van der Waals surface area contributed by atoms with Gasteiger partial charge in [-0.3, -0.25) is 9.52 Å². The maximum Gasteiger partial charge on any atom is 0.251 e. The van der Waals surface area contributed by atoms with Crippen molar-refractivity contribution < 1.29 is 13.2 Å². The summed E-state index contributed by atoms with van der Waals surface area (Å²) in [4.78, 5) is 12.7. The maximum atomic E-state index is 12.7. The Morgan fingerprint density at radius 1 is 1.04 bits per heavy atom. The molecular formula is C20H26N2O3S. The van der Waals surface area contributed by atoms with Crippen LogP contribution in [-0.2, 0) is 10.0 Å². The molecule has 26 heavy (non-hydrogen) atoms. The van der Waals surface area contributed by atoms with Crippen LogP contribution in [0, 0.1) is 20.8 Å². The van der Waals surface area contributed by atoms with Crippen LogP contribution < -0.4 is 10.0 Å². The summed E-state index contributed by atoms with van der Waals surface area (Å²) >= 11 is 0. The predicted molar refractivity (Wildman–Crippen MR) is 106 cm³/mol. The van der Waals surface area contributed by atoms with Gasteiger partial charge in [-0.25, -0.2) is 8.42 Å². The summed E-state index contributed by atoms with van der Waals surface area (Å²) in [5.41, 5.74) is 5.13. The van der Waals surface area contributed by atoms with E-state index in [1.54, 1.807) is 25.1 Å². The van der Waals surface area contributed by atoms with E-state index < -0.39 is 10.0 Å². The van der Waals surface area contributed by atoms with Crippen molar-refractivity contribution in [3.63, 3.8) is 0 Å². The van der Waals surface area contributed by atoms with E-state index in [0.29, 0.717) is 16.8 Å².